The highest BCUT2D eigenvalue weighted by Crippen LogP contribution is 2.38. The van der Waals surface area contributed by atoms with E-state index in [1.54, 1.807) is 6.92 Å². The lowest BCUT2D eigenvalue weighted by Crippen LogP contribution is -2.65. The summed E-state index contributed by atoms with van der Waals surface area (Å²) in [5.41, 5.74) is 5.56. The van der Waals surface area contributed by atoms with Crippen LogP contribution >= 0.6 is 0 Å². The molecule has 0 radical (unpaired) electrons. The first kappa shape index (κ1) is 44.0. The zero-order chi connectivity index (χ0) is 39.3. The predicted octanol–water partition coefficient (Wildman–Crippen LogP) is -6.78. The van der Waals surface area contributed by atoms with Crippen LogP contribution in [0.4, 0.5) is 0 Å². The Kier molecular flexibility index (Phi) is 16.1. The normalized spacial score (nSPS) is 44.9. The maximum absolute atomic E-state index is 13.1. The van der Waals surface area contributed by atoms with Gasteiger partial charge in [-0.1, -0.05) is 6.92 Å². The highest BCUT2D eigenvalue weighted by molar-refractivity contribution is 5.78. The molecule has 2 amide bonds. The first-order valence-electron chi connectivity index (χ1n) is 17.9. The van der Waals surface area contributed by atoms with E-state index in [9.17, 15) is 60.7 Å². The molecule has 4 fully saturated rings. The van der Waals surface area contributed by atoms with Crippen molar-refractivity contribution >= 4 is 11.8 Å². The van der Waals surface area contributed by atoms with E-state index in [2.05, 4.69) is 10.6 Å². The zero-order valence-electron chi connectivity index (χ0n) is 29.8. The van der Waals surface area contributed by atoms with E-state index in [1.807, 2.05) is 0 Å². The summed E-state index contributed by atoms with van der Waals surface area (Å²) in [5.74, 6) is -2.06. The molecule has 4 rings (SSSR count). The van der Waals surface area contributed by atoms with Crippen molar-refractivity contribution in [2.24, 2.45) is 17.6 Å². The minimum absolute atomic E-state index is 0.0192. The van der Waals surface area contributed by atoms with Crippen LogP contribution in [0.3, 0.4) is 0 Å². The van der Waals surface area contributed by atoms with Gasteiger partial charge >= 0.3 is 0 Å². The van der Waals surface area contributed by atoms with Crippen LogP contribution in [0.1, 0.15) is 40.0 Å². The predicted molar refractivity (Wildman–Crippen MR) is 175 cm³/mol. The smallest absolute Gasteiger partial charge is 0.223 e. The Morgan fingerprint density at radius 1 is 0.830 bits per heavy atom. The molecule has 1 aliphatic carbocycles. The molecule has 3 unspecified atom stereocenters. The number of aliphatic hydroxyl groups excluding tert-OH is 10. The number of rotatable bonds is 14. The fourth-order valence-electron chi connectivity index (χ4n) is 7.32. The van der Waals surface area contributed by atoms with E-state index >= 15 is 0 Å². The van der Waals surface area contributed by atoms with E-state index in [4.69, 9.17) is 34.2 Å². The molecule has 53 heavy (non-hydrogen) atoms. The van der Waals surface area contributed by atoms with Gasteiger partial charge in [-0.05, 0) is 25.7 Å². The number of amides is 2. The molecule has 0 aromatic carbocycles. The quantitative estimate of drug-likeness (QED) is 0.0780. The molecule has 3 aliphatic heterocycles. The fraction of sp³-hybridized carbons (Fsp3) is 0.938. The van der Waals surface area contributed by atoms with Gasteiger partial charge in [0, 0.05) is 32.4 Å². The molecule has 21 heteroatoms. The van der Waals surface area contributed by atoms with Gasteiger partial charge in [0.25, 0.3) is 0 Å². The van der Waals surface area contributed by atoms with E-state index in [0.29, 0.717) is 0 Å². The summed E-state index contributed by atoms with van der Waals surface area (Å²) in [6, 6.07) is -1.26. The molecule has 3 saturated heterocycles. The van der Waals surface area contributed by atoms with Crippen molar-refractivity contribution < 1.29 is 89.1 Å². The lowest BCUT2D eigenvalue weighted by molar-refractivity contribution is -0.362. The van der Waals surface area contributed by atoms with Gasteiger partial charge in [-0.3, -0.25) is 9.59 Å². The highest BCUT2D eigenvalue weighted by Gasteiger charge is 2.53. The molecule has 0 aromatic rings. The molecule has 0 bridgehead atoms. The van der Waals surface area contributed by atoms with Gasteiger partial charge in [0.2, 0.25) is 11.8 Å². The van der Waals surface area contributed by atoms with Crippen LogP contribution in [0.2, 0.25) is 0 Å². The SMILES string of the molecule is CC(=O)N[C@H]1[C@H]([C@H](O)[C@H](O)CO)OC(O[C@H]2[C@@H](O)[C@@H](CO)O[C@@H](O[C@@H]3CC(C(=O)NCCN)C[C@H](C)[C@H]3OC3O[C@@H](C)[C@@H](O)[C@@H](O)[C@@H]3O)[C@@H]2O)C[C@@H]1O. The third-order valence-corrected chi connectivity index (χ3v) is 10.3. The van der Waals surface area contributed by atoms with E-state index < -0.39 is 141 Å². The van der Waals surface area contributed by atoms with Crippen LogP contribution in [0, 0.1) is 11.8 Å². The second-order valence-corrected chi connectivity index (χ2v) is 14.3. The molecule has 21 nitrogen and oxygen atoms in total. The van der Waals surface area contributed by atoms with Crippen LogP contribution in [-0.2, 0) is 38.0 Å². The molecular formula is C32H57N3O18. The van der Waals surface area contributed by atoms with Crippen molar-refractivity contribution in [2.75, 3.05) is 26.3 Å². The zero-order valence-corrected chi connectivity index (χ0v) is 29.8. The number of carbonyl (C=O) groups excluding carboxylic acids is 2. The summed E-state index contributed by atoms with van der Waals surface area (Å²) in [5, 5.41) is 110. The van der Waals surface area contributed by atoms with Crippen molar-refractivity contribution in [3.8, 4) is 0 Å². The van der Waals surface area contributed by atoms with Gasteiger partial charge in [-0.15, -0.1) is 0 Å². The maximum Gasteiger partial charge on any atom is 0.223 e. The summed E-state index contributed by atoms with van der Waals surface area (Å²) in [7, 11) is 0. The number of aliphatic hydroxyl groups is 10. The average molecular weight is 772 g/mol. The van der Waals surface area contributed by atoms with Crippen molar-refractivity contribution in [1.82, 2.24) is 10.6 Å². The Bertz CT molecular complexity index is 1180. The summed E-state index contributed by atoms with van der Waals surface area (Å²) < 4.78 is 35.5. The summed E-state index contributed by atoms with van der Waals surface area (Å²) in [6.07, 6.45) is -25.6. The molecule has 0 spiro atoms. The van der Waals surface area contributed by atoms with Gasteiger partial charge in [0.15, 0.2) is 18.9 Å². The summed E-state index contributed by atoms with van der Waals surface area (Å²) >= 11 is 0. The van der Waals surface area contributed by atoms with E-state index in [1.165, 1.54) is 6.92 Å². The minimum atomic E-state index is -1.84. The Morgan fingerprint density at radius 3 is 2.13 bits per heavy atom. The molecule has 0 aromatic heterocycles. The Morgan fingerprint density at radius 2 is 1.51 bits per heavy atom. The highest BCUT2D eigenvalue weighted by atomic mass is 16.7. The van der Waals surface area contributed by atoms with Crippen LogP contribution in [0.5, 0.6) is 0 Å². The molecule has 4 aliphatic rings. The first-order chi connectivity index (χ1) is 25.0. The number of hydrogen-bond donors (Lipinski definition) is 13. The largest absolute Gasteiger partial charge is 0.394 e. The molecule has 14 N–H and O–H groups in total. The monoisotopic (exact) mass is 771 g/mol. The van der Waals surface area contributed by atoms with Gasteiger partial charge in [-0.2, -0.15) is 0 Å². The fourth-order valence-corrected chi connectivity index (χ4v) is 7.32. The molecule has 308 valence electrons. The topological polar surface area (TPSA) is 342 Å². The van der Waals surface area contributed by atoms with Gasteiger partial charge in [0.05, 0.1) is 43.7 Å². The van der Waals surface area contributed by atoms with Crippen LogP contribution in [0.25, 0.3) is 0 Å². The standard InChI is InChI=1S/C32H57N3O18/c1-11-6-14(30(47)34-5-4-33)7-17(27(11)53-31-25(45)24(44)21(41)12(2)48-31)49-32-26(46)29(23(43)18(10-37)50-32)52-19-8-15(39)20(35-13(3)38)28(51-19)22(42)16(40)9-36/h11-12,14-29,31-32,36-37,39-46H,4-10,33H2,1-3H3,(H,34,47)(H,35,38)/t11-,12-,14?,15-,16+,17+,18+,19?,20+,21+,22+,23-,24+,25-,26+,27+,28+,29-,31?,32+/m0/s1. The Balaban J connectivity index is 1.58. The molecule has 1 saturated carbocycles. The number of nitrogens with one attached hydrogen (secondary N) is 2. The number of hydrogen-bond acceptors (Lipinski definition) is 19. The van der Waals surface area contributed by atoms with Gasteiger partial charge < -0.3 is 95.9 Å². The minimum Gasteiger partial charge on any atom is -0.394 e. The molecule has 3 heterocycles. The lowest BCUT2D eigenvalue weighted by atomic mass is 9.77. The third kappa shape index (κ3) is 10.4. The van der Waals surface area contributed by atoms with Gasteiger partial charge in [0.1, 0.15) is 61.0 Å². The first-order valence-corrected chi connectivity index (χ1v) is 17.9. The second kappa shape index (κ2) is 19.4. The van der Waals surface area contributed by atoms with Crippen molar-refractivity contribution in [2.45, 2.75) is 150 Å². The van der Waals surface area contributed by atoms with E-state index in [-0.39, 0.29) is 38.3 Å². The number of carbonyl (C=O) groups is 2. The van der Waals surface area contributed by atoms with Crippen LogP contribution in [-0.4, -0.2) is 200 Å². The summed E-state index contributed by atoms with van der Waals surface area (Å²) in [4.78, 5) is 24.9. The number of ether oxygens (including phenoxy) is 6. The van der Waals surface area contributed by atoms with Crippen molar-refractivity contribution in [3.05, 3.63) is 0 Å². The molecular weight excluding hydrogens is 714 g/mol. The summed E-state index contributed by atoms with van der Waals surface area (Å²) in [6.45, 7) is 3.09. The van der Waals surface area contributed by atoms with Crippen molar-refractivity contribution in [1.29, 1.82) is 0 Å². The van der Waals surface area contributed by atoms with Crippen LogP contribution < -0.4 is 16.4 Å². The van der Waals surface area contributed by atoms with Gasteiger partial charge in [-0.25, -0.2) is 0 Å². The third-order valence-electron chi connectivity index (χ3n) is 10.3. The van der Waals surface area contributed by atoms with Crippen molar-refractivity contribution in [3.63, 3.8) is 0 Å². The average Bonchev–Trinajstić information content (AvgIpc) is 3.12. The lowest BCUT2D eigenvalue weighted by Gasteiger charge is -2.48. The maximum atomic E-state index is 13.1. The Hall–Kier alpha value is -1.74. The second-order valence-electron chi connectivity index (χ2n) is 14.3. The van der Waals surface area contributed by atoms with Crippen LogP contribution in [0.15, 0.2) is 0 Å². The Labute approximate surface area is 305 Å². The molecule has 20 atom stereocenters. The van der Waals surface area contributed by atoms with E-state index in [0.717, 1.165) is 6.92 Å². The number of nitrogens with two attached hydrogens (primary N) is 1.